The zero-order chi connectivity index (χ0) is 18.2. The van der Waals surface area contributed by atoms with Crippen molar-refractivity contribution in [3.05, 3.63) is 66.1 Å². The van der Waals surface area contributed by atoms with Crippen LogP contribution in [-0.2, 0) is 11.3 Å². The summed E-state index contributed by atoms with van der Waals surface area (Å²) in [7, 11) is 0. The van der Waals surface area contributed by atoms with Crippen LogP contribution in [-0.4, -0.2) is 34.5 Å². The van der Waals surface area contributed by atoms with Crippen molar-refractivity contribution in [3.63, 3.8) is 0 Å². The summed E-state index contributed by atoms with van der Waals surface area (Å²) in [5, 5.41) is 16.8. The second kappa shape index (κ2) is 8.77. The minimum absolute atomic E-state index is 0.203. The molecule has 3 rings (SSSR count). The number of para-hydroxylation sites is 1. The van der Waals surface area contributed by atoms with Gasteiger partial charge in [-0.2, -0.15) is 0 Å². The van der Waals surface area contributed by atoms with Crippen LogP contribution >= 0.6 is 0 Å². The molecule has 1 aromatic heterocycles. The number of aromatic nitrogens is 2. The standard InChI is InChI=1S/C19H18N2O5/c22-19(23)15-9-7-14(8-10-15)18-21-20-17(26-18)13-24-11-4-12-25-16-5-2-1-3-6-16/h1-3,5-10H,4,11-13H2,(H,22,23). The number of hydrogen-bond acceptors (Lipinski definition) is 6. The van der Waals surface area contributed by atoms with Crippen LogP contribution in [0.15, 0.2) is 59.0 Å². The van der Waals surface area contributed by atoms with Gasteiger partial charge in [-0.25, -0.2) is 4.79 Å². The zero-order valence-corrected chi connectivity index (χ0v) is 14.0. The van der Waals surface area contributed by atoms with E-state index in [-0.39, 0.29) is 12.2 Å². The lowest BCUT2D eigenvalue weighted by atomic mass is 10.1. The Labute approximate surface area is 150 Å². The quantitative estimate of drug-likeness (QED) is 0.588. The molecule has 0 bridgehead atoms. The lowest BCUT2D eigenvalue weighted by Crippen LogP contribution is -2.03. The van der Waals surface area contributed by atoms with E-state index in [9.17, 15) is 4.79 Å². The Kier molecular flexibility index (Phi) is 5.95. The van der Waals surface area contributed by atoms with Crippen molar-refractivity contribution < 1.29 is 23.8 Å². The minimum atomic E-state index is -0.979. The van der Waals surface area contributed by atoms with Gasteiger partial charge in [0.2, 0.25) is 11.8 Å². The molecule has 0 radical (unpaired) electrons. The molecule has 0 unspecified atom stereocenters. The summed E-state index contributed by atoms with van der Waals surface area (Å²) in [6.45, 7) is 1.29. The van der Waals surface area contributed by atoms with Crippen LogP contribution in [0.4, 0.5) is 0 Å². The van der Waals surface area contributed by atoms with E-state index in [1.165, 1.54) is 12.1 Å². The summed E-state index contributed by atoms with van der Waals surface area (Å²) in [5.41, 5.74) is 0.861. The number of hydrogen-bond donors (Lipinski definition) is 1. The van der Waals surface area contributed by atoms with Crippen molar-refractivity contribution in [2.45, 2.75) is 13.0 Å². The number of carboxylic acid groups (broad SMARTS) is 1. The molecule has 134 valence electrons. The van der Waals surface area contributed by atoms with Gasteiger partial charge in [-0.05, 0) is 36.4 Å². The number of carboxylic acids is 1. The van der Waals surface area contributed by atoms with E-state index in [4.69, 9.17) is 19.0 Å². The maximum Gasteiger partial charge on any atom is 0.335 e. The Morgan fingerprint density at radius 1 is 1.00 bits per heavy atom. The second-order valence-corrected chi connectivity index (χ2v) is 5.45. The van der Waals surface area contributed by atoms with Crippen molar-refractivity contribution in [2.24, 2.45) is 0 Å². The Bertz CT molecular complexity index is 831. The predicted octanol–water partition coefficient (Wildman–Crippen LogP) is 3.42. The van der Waals surface area contributed by atoms with Gasteiger partial charge in [-0.15, -0.1) is 10.2 Å². The van der Waals surface area contributed by atoms with Gasteiger partial charge in [0.25, 0.3) is 0 Å². The number of benzene rings is 2. The van der Waals surface area contributed by atoms with E-state index in [1.54, 1.807) is 12.1 Å². The van der Waals surface area contributed by atoms with Crippen LogP contribution in [0.2, 0.25) is 0 Å². The third-order valence-corrected chi connectivity index (χ3v) is 3.52. The molecule has 0 fully saturated rings. The van der Waals surface area contributed by atoms with Crippen LogP contribution in [0.3, 0.4) is 0 Å². The summed E-state index contributed by atoms with van der Waals surface area (Å²) in [6.07, 6.45) is 0.743. The van der Waals surface area contributed by atoms with Gasteiger partial charge < -0.3 is 19.0 Å². The predicted molar refractivity (Wildman–Crippen MR) is 92.9 cm³/mol. The number of rotatable bonds is 9. The first-order chi connectivity index (χ1) is 12.7. The fourth-order valence-electron chi connectivity index (χ4n) is 2.21. The Balaban J connectivity index is 1.40. The SMILES string of the molecule is O=C(O)c1ccc(-c2nnc(COCCCOc3ccccc3)o2)cc1. The molecule has 0 atom stereocenters. The largest absolute Gasteiger partial charge is 0.494 e. The van der Waals surface area contributed by atoms with Crippen LogP contribution in [0, 0.1) is 0 Å². The normalized spacial score (nSPS) is 10.6. The van der Waals surface area contributed by atoms with E-state index in [0.717, 1.165) is 12.2 Å². The van der Waals surface area contributed by atoms with Crippen LogP contribution < -0.4 is 4.74 Å². The molecule has 26 heavy (non-hydrogen) atoms. The summed E-state index contributed by atoms with van der Waals surface area (Å²) in [4.78, 5) is 10.8. The lowest BCUT2D eigenvalue weighted by molar-refractivity contribution is 0.0697. The number of carbonyl (C=O) groups is 1. The maximum atomic E-state index is 10.8. The van der Waals surface area contributed by atoms with Crippen molar-refractivity contribution in [1.82, 2.24) is 10.2 Å². The first-order valence-corrected chi connectivity index (χ1v) is 8.14. The number of nitrogens with zero attached hydrogens (tertiary/aromatic N) is 2. The molecule has 7 nitrogen and oxygen atoms in total. The average molecular weight is 354 g/mol. The molecule has 2 aromatic carbocycles. The second-order valence-electron chi connectivity index (χ2n) is 5.45. The third-order valence-electron chi connectivity index (χ3n) is 3.52. The van der Waals surface area contributed by atoms with Gasteiger partial charge in [0.1, 0.15) is 12.4 Å². The number of aromatic carboxylic acids is 1. The topological polar surface area (TPSA) is 94.7 Å². The molecule has 0 saturated heterocycles. The molecule has 0 aliphatic rings. The fourth-order valence-corrected chi connectivity index (χ4v) is 2.21. The molecule has 0 saturated carbocycles. The van der Waals surface area contributed by atoms with Crippen molar-refractivity contribution in [2.75, 3.05) is 13.2 Å². The Morgan fingerprint density at radius 2 is 1.77 bits per heavy atom. The van der Waals surface area contributed by atoms with E-state index < -0.39 is 5.97 Å². The monoisotopic (exact) mass is 354 g/mol. The number of ether oxygens (including phenoxy) is 2. The van der Waals surface area contributed by atoms with E-state index >= 15 is 0 Å². The summed E-state index contributed by atoms with van der Waals surface area (Å²) in [6, 6.07) is 15.8. The van der Waals surface area contributed by atoms with Crippen LogP contribution in [0.25, 0.3) is 11.5 Å². The highest BCUT2D eigenvalue weighted by Crippen LogP contribution is 2.18. The van der Waals surface area contributed by atoms with E-state index in [0.29, 0.717) is 30.6 Å². The average Bonchev–Trinajstić information content (AvgIpc) is 3.14. The van der Waals surface area contributed by atoms with E-state index in [2.05, 4.69) is 10.2 Å². The molecule has 0 spiro atoms. The molecular formula is C19H18N2O5. The highest BCUT2D eigenvalue weighted by Gasteiger charge is 2.10. The summed E-state index contributed by atoms with van der Waals surface area (Å²) >= 11 is 0. The first kappa shape index (κ1) is 17.6. The summed E-state index contributed by atoms with van der Waals surface area (Å²) in [5.74, 6) is 0.551. The zero-order valence-electron chi connectivity index (χ0n) is 14.0. The van der Waals surface area contributed by atoms with Gasteiger partial charge in [-0.1, -0.05) is 18.2 Å². The van der Waals surface area contributed by atoms with Gasteiger partial charge in [0, 0.05) is 12.0 Å². The van der Waals surface area contributed by atoms with Crippen LogP contribution in [0.5, 0.6) is 5.75 Å². The smallest absolute Gasteiger partial charge is 0.335 e. The maximum absolute atomic E-state index is 10.8. The molecule has 1 heterocycles. The fraction of sp³-hybridized carbons (Fsp3) is 0.211. The highest BCUT2D eigenvalue weighted by atomic mass is 16.5. The molecule has 1 N–H and O–H groups in total. The van der Waals surface area contributed by atoms with Crippen molar-refractivity contribution in [1.29, 1.82) is 0 Å². The summed E-state index contributed by atoms with van der Waals surface area (Å²) < 4.78 is 16.6. The molecule has 0 aliphatic carbocycles. The third kappa shape index (κ3) is 4.90. The Hall–Kier alpha value is -3.19. The highest BCUT2D eigenvalue weighted by molar-refractivity contribution is 5.88. The molecule has 0 amide bonds. The van der Waals surface area contributed by atoms with Gasteiger partial charge >= 0.3 is 5.97 Å². The molecule has 0 aliphatic heterocycles. The van der Waals surface area contributed by atoms with Gasteiger partial charge in [0.15, 0.2) is 0 Å². The molecule has 3 aromatic rings. The van der Waals surface area contributed by atoms with Crippen molar-refractivity contribution in [3.8, 4) is 17.2 Å². The van der Waals surface area contributed by atoms with Gasteiger partial charge in [-0.3, -0.25) is 0 Å². The van der Waals surface area contributed by atoms with E-state index in [1.807, 2.05) is 30.3 Å². The minimum Gasteiger partial charge on any atom is -0.494 e. The first-order valence-electron chi connectivity index (χ1n) is 8.14. The van der Waals surface area contributed by atoms with Crippen LogP contribution in [0.1, 0.15) is 22.7 Å². The Morgan fingerprint density at radius 3 is 2.50 bits per heavy atom. The van der Waals surface area contributed by atoms with Crippen molar-refractivity contribution >= 4 is 5.97 Å². The molecular weight excluding hydrogens is 336 g/mol. The lowest BCUT2D eigenvalue weighted by Gasteiger charge is -2.05. The van der Waals surface area contributed by atoms with Gasteiger partial charge in [0.05, 0.1) is 18.8 Å². The molecule has 7 heteroatoms.